The second-order valence-corrected chi connectivity index (χ2v) is 8.21. The van der Waals surface area contributed by atoms with Crippen molar-refractivity contribution in [2.75, 3.05) is 12.4 Å². The Hall–Kier alpha value is -3.86. The lowest BCUT2D eigenvalue weighted by atomic mass is 10.1. The summed E-state index contributed by atoms with van der Waals surface area (Å²) in [6, 6.07) is 4.18. The van der Waals surface area contributed by atoms with E-state index in [9.17, 15) is 14.0 Å². The number of amides is 2. The van der Waals surface area contributed by atoms with Gasteiger partial charge in [-0.05, 0) is 44.0 Å². The van der Waals surface area contributed by atoms with Gasteiger partial charge in [-0.3, -0.25) is 9.59 Å². The average molecular weight is 469 g/mol. The van der Waals surface area contributed by atoms with Crippen molar-refractivity contribution in [2.45, 2.75) is 26.7 Å². The number of aryl methyl sites for hydroxylation is 2. The monoisotopic (exact) mass is 468 g/mol. The lowest BCUT2D eigenvalue weighted by Crippen LogP contribution is -2.15. The number of nitrogens with zero attached hydrogens (tertiary/aromatic N) is 4. The minimum Gasteiger partial charge on any atom is -0.496 e. The Balaban J connectivity index is 1.47. The van der Waals surface area contributed by atoms with E-state index in [0.29, 0.717) is 39.9 Å². The van der Waals surface area contributed by atoms with Crippen LogP contribution in [0.5, 0.6) is 5.75 Å². The maximum Gasteiger partial charge on any atom is 0.254 e. The van der Waals surface area contributed by atoms with Gasteiger partial charge in [0, 0.05) is 28.8 Å². The number of nitrogens with one attached hydrogen (secondary N) is 1. The van der Waals surface area contributed by atoms with E-state index >= 15 is 0 Å². The quantitative estimate of drug-likeness (QED) is 0.429. The van der Waals surface area contributed by atoms with Gasteiger partial charge in [0.2, 0.25) is 5.91 Å². The number of primary amides is 1. The first-order chi connectivity index (χ1) is 15.8. The van der Waals surface area contributed by atoms with Gasteiger partial charge in [-0.2, -0.15) is 5.10 Å². The van der Waals surface area contributed by atoms with Crippen LogP contribution in [0.3, 0.4) is 0 Å². The van der Waals surface area contributed by atoms with Crippen LogP contribution in [-0.2, 0) is 11.2 Å². The first-order valence-corrected chi connectivity index (χ1v) is 10.9. The molecule has 4 rings (SSSR count). The molecule has 0 atom stereocenters. The zero-order valence-electron chi connectivity index (χ0n) is 18.2. The summed E-state index contributed by atoms with van der Waals surface area (Å²) in [6.07, 6.45) is 2.01. The Kier molecular flexibility index (Phi) is 6.05. The van der Waals surface area contributed by atoms with Gasteiger partial charge in [0.25, 0.3) is 5.91 Å². The number of methoxy groups -OCH3 is 1. The highest BCUT2D eigenvalue weighted by molar-refractivity contribution is 7.14. The van der Waals surface area contributed by atoms with Crippen LogP contribution >= 0.6 is 11.3 Å². The molecule has 0 saturated carbocycles. The van der Waals surface area contributed by atoms with E-state index in [1.165, 1.54) is 42.8 Å². The summed E-state index contributed by atoms with van der Waals surface area (Å²) in [7, 11) is 1.50. The number of nitrogens with two attached hydrogens (primary N) is 1. The molecule has 0 radical (unpaired) electrons. The molecule has 33 heavy (non-hydrogen) atoms. The number of anilines is 1. The molecule has 0 unspecified atom stereocenters. The Morgan fingerprint density at radius 2 is 2.06 bits per heavy atom. The molecule has 3 N–H and O–H groups in total. The smallest absolute Gasteiger partial charge is 0.254 e. The molecule has 0 bridgehead atoms. The minimum absolute atomic E-state index is 0.191. The Labute approximate surface area is 192 Å². The summed E-state index contributed by atoms with van der Waals surface area (Å²) in [5.41, 5.74) is 9.39. The molecule has 2 amide bonds. The van der Waals surface area contributed by atoms with E-state index in [1.54, 1.807) is 9.90 Å². The number of thiazole rings is 1. The van der Waals surface area contributed by atoms with Crippen molar-refractivity contribution in [2.24, 2.45) is 5.73 Å². The molecule has 1 aromatic carbocycles. The van der Waals surface area contributed by atoms with Crippen LogP contribution in [0.2, 0.25) is 0 Å². The number of rotatable bonds is 7. The van der Waals surface area contributed by atoms with Gasteiger partial charge in [0.05, 0.1) is 19.0 Å². The average Bonchev–Trinajstić information content (AvgIpc) is 3.40. The normalized spacial score (nSPS) is 11.0. The molecule has 0 saturated heterocycles. The van der Waals surface area contributed by atoms with Crippen LogP contribution in [0.25, 0.3) is 16.9 Å². The van der Waals surface area contributed by atoms with Gasteiger partial charge < -0.3 is 15.8 Å². The van der Waals surface area contributed by atoms with Crippen LogP contribution in [0, 0.1) is 19.7 Å². The van der Waals surface area contributed by atoms with Crippen LogP contribution in [0.4, 0.5) is 9.52 Å². The van der Waals surface area contributed by atoms with Crippen molar-refractivity contribution in [3.63, 3.8) is 0 Å². The third-order valence-electron chi connectivity index (χ3n) is 5.26. The van der Waals surface area contributed by atoms with Crippen molar-refractivity contribution >= 4 is 33.9 Å². The molecular weight excluding hydrogens is 447 g/mol. The van der Waals surface area contributed by atoms with E-state index in [1.807, 2.05) is 13.8 Å². The van der Waals surface area contributed by atoms with Crippen molar-refractivity contribution in [3.05, 3.63) is 58.1 Å². The summed E-state index contributed by atoms with van der Waals surface area (Å²) < 4.78 is 20.5. The Morgan fingerprint density at radius 1 is 1.27 bits per heavy atom. The fourth-order valence-electron chi connectivity index (χ4n) is 3.60. The molecule has 11 heteroatoms. The van der Waals surface area contributed by atoms with Crippen molar-refractivity contribution in [1.29, 1.82) is 0 Å². The molecule has 9 nitrogen and oxygen atoms in total. The maximum atomic E-state index is 13.7. The number of ether oxygens (including phenoxy) is 1. The molecule has 0 aliphatic heterocycles. The number of carbonyl (C=O) groups is 2. The highest BCUT2D eigenvalue weighted by atomic mass is 32.1. The van der Waals surface area contributed by atoms with Crippen LogP contribution in [-0.4, -0.2) is 38.5 Å². The van der Waals surface area contributed by atoms with Crippen LogP contribution < -0.4 is 15.8 Å². The largest absolute Gasteiger partial charge is 0.496 e. The van der Waals surface area contributed by atoms with E-state index in [0.717, 1.165) is 11.3 Å². The molecule has 170 valence electrons. The summed E-state index contributed by atoms with van der Waals surface area (Å²) in [5.74, 6) is -0.728. The van der Waals surface area contributed by atoms with E-state index in [2.05, 4.69) is 20.4 Å². The van der Waals surface area contributed by atoms with E-state index < -0.39 is 11.7 Å². The van der Waals surface area contributed by atoms with Gasteiger partial charge in [0.15, 0.2) is 10.8 Å². The molecule has 0 spiro atoms. The highest BCUT2D eigenvalue weighted by Gasteiger charge is 2.18. The molecule has 3 heterocycles. The number of hydrogen-bond donors (Lipinski definition) is 2. The third-order valence-corrected chi connectivity index (χ3v) is 6.02. The number of carbonyl (C=O) groups excluding carboxylic acids is 2. The predicted molar refractivity (Wildman–Crippen MR) is 122 cm³/mol. The van der Waals surface area contributed by atoms with Crippen molar-refractivity contribution in [1.82, 2.24) is 19.6 Å². The number of halogens is 1. The molecule has 3 aromatic heterocycles. The Morgan fingerprint density at radius 3 is 2.79 bits per heavy atom. The number of aromatic nitrogens is 4. The topological polar surface area (TPSA) is 124 Å². The summed E-state index contributed by atoms with van der Waals surface area (Å²) in [6.45, 7) is 3.67. The van der Waals surface area contributed by atoms with Gasteiger partial charge in [0.1, 0.15) is 17.1 Å². The molecule has 0 aliphatic rings. The number of hydrogen-bond acceptors (Lipinski definition) is 7. The second-order valence-electron chi connectivity index (χ2n) is 7.35. The van der Waals surface area contributed by atoms with Crippen LogP contribution in [0.1, 0.15) is 33.7 Å². The van der Waals surface area contributed by atoms with Gasteiger partial charge in [-0.1, -0.05) is 0 Å². The highest BCUT2D eigenvalue weighted by Crippen LogP contribution is 2.32. The zero-order valence-corrected chi connectivity index (χ0v) is 19.0. The number of fused-ring (bicyclic) bond motifs is 1. The third kappa shape index (κ3) is 4.40. The molecule has 0 fully saturated rings. The SMILES string of the molecule is COc1ccc(F)cc1-c1csc(NC(=O)CCc2c(C)nc3c(C(N)=O)cnn3c2C)n1. The molecular formula is C22H21FN6O3S. The predicted octanol–water partition coefficient (Wildman–Crippen LogP) is 3.29. The molecule has 4 aromatic rings. The lowest BCUT2D eigenvalue weighted by Gasteiger charge is -2.11. The standard InChI is InChI=1S/C22H21FN6O3S/c1-11-14(12(2)29-21(26-11)16(9-25-29)20(24)31)5-7-19(30)28-22-27-17(10-33-22)15-8-13(23)4-6-18(15)32-3/h4,6,8-10H,5,7H2,1-3H3,(H2,24,31)(H,27,28,30). The van der Waals surface area contributed by atoms with Gasteiger partial charge in [-0.25, -0.2) is 18.9 Å². The lowest BCUT2D eigenvalue weighted by molar-refractivity contribution is -0.116. The fourth-order valence-corrected chi connectivity index (χ4v) is 4.33. The van der Waals surface area contributed by atoms with E-state index in [-0.39, 0.29) is 17.9 Å². The van der Waals surface area contributed by atoms with E-state index in [4.69, 9.17) is 10.5 Å². The maximum absolute atomic E-state index is 13.7. The van der Waals surface area contributed by atoms with Crippen molar-refractivity contribution < 1.29 is 18.7 Å². The Bertz CT molecular complexity index is 1380. The zero-order chi connectivity index (χ0) is 23.7. The second kappa shape index (κ2) is 8.94. The first-order valence-electron chi connectivity index (χ1n) is 10.0. The molecule has 0 aliphatic carbocycles. The van der Waals surface area contributed by atoms with Gasteiger partial charge in [-0.15, -0.1) is 11.3 Å². The number of benzene rings is 1. The first kappa shape index (κ1) is 22.3. The summed E-state index contributed by atoms with van der Waals surface area (Å²) >= 11 is 1.24. The fraction of sp³-hybridized carbons (Fsp3) is 0.227. The summed E-state index contributed by atoms with van der Waals surface area (Å²) in [4.78, 5) is 33.0. The summed E-state index contributed by atoms with van der Waals surface area (Å²) in [5, 5.41) is 9.11. The van der Waals surface area contributed by atoms with Crippen molar-refractivity contribution in [3.8, 4) is 17.0 Å². The van der Waals surface area contributed by atoms with Gasteiger partial charge >= 0.3 is 0 Å². The van der Waals surface area contributed by atoms with Crippen LogP contribution in [0.15, 0.2) is 29.8 Å². The minimum atomic E-state index is -0.595.